The number of nitrogens with zero attached hydrogens (tertiary/aromatic N) is 3. The lowest BCUT2D eigenvalue weighted by Gasteiger charge is -2.07. The maximum Gasteiger partial charge on any atom is 0.280 e. The first-order valence-electron chi connectivity index (χ1n) is 5.15. The number of hydrogen-bond donors (Lipinski definition) is 1. The van der Waals surface area contributed by atoms with E-state index in [-0.39, 0.29) is 5.69 Å². The first-order chi connectivity index (χ1) is 8.24. The highest BCUT2D eigenvalue weighted by molar-refractivity contribution is 5.29. The average molecular weight is 238 g/mol. The number of rotatable bonds is 4. The highest BCUT2D eigenvalue weighted by Crippen LogP contribution is 2.24. The second kappa shape index (κ2) is 5.01. The molecular formula is C11H12F2N4. The monoisotopic (exact) mass is 238 g/mol. The molecule has 0 radical (unpaired) electrons. The quantitative estimate of drug-likeness (QED) is 0.885. The highest BCUT2D eigenvalue weighted by atomic mass is 19.3. The first kappa shape index (κ1) is 11.7. The number of hydrogen-bond acceptors (Lipinski definition) is 3. The average Bonchev–Trinajstić information content (AvgIpc) is 2.74. The van der Waals surface area contributed by atoms with Crippen LogP contribution >= 0.6 is 0 Å². The second-order valence-corrected chi connectivity index (χ2v) is 3.49. The molecule has 2 aromatic rings. The van der Waals surface area contributed by atoms with Gasteiger partial charge in [-0.25, -0.2) is 18.4 Å². The van der Waals surface area contributed by atoms with E-state index >= 15 is 0 Å². The summed E-state index contributed by atoms with van der Waals surface area (Å²) >= 11 is 0. The van der Waals surface area contributed by atoms with Crippen LogP contribution in [0.25, 0.3) is 5.82 Å². The van der Waals surface area contributed by atoms with Crippen molar-refractivity contribution in [3.63, 3.8) is 0 Å². The van der Waals surface area contributed by atoms with Crippen molar-refractivity contribution in [3.05, 3.63) is 41.9 Å². The molecule has 0 bridgehead atoms. The molecule has 6 heteroatoms. The number of aromatic nitrogens is 3. The summed E-state index contributed by atoms with van der Waals surface area (Å²) in [7, 11) is 1.70. The lowest BCUT2D eigenvalue weighted by molar-refractivity contribution is 0.141. The van der Waals surface area contributed by atoms with Gasteiger partial charge in [-0.1, -0.05) is 6.07 Å². The lowest BCUT2D eigenvalue weighted by Crippen LogP contribution is -2.10. The minimum atomic E-state index is -2.58. The van der Waals surface area contributed by atoms with Crippen LogP contribution in [0, 0.1) is 0 Å². The Morgan fingerprint density at radius 2 is 2.24 bits per heavy atom. The van der Waals surface area contributed by atoms with E-state index in [2.05, 4.69) is 15.4 Å². The Kier molecular flexibility index (Phi) is 3.43. The van der Waals surface area contributed by atoms with Crippen molar-refractivity contribution in [1.29, 1.82) is 0 Å². The van der Waals surface area contributed by atoms with Crippen LogP contribution < -0.4 is 5.32 Å². The van der Waals surface area contributed by atoms with Crippen molar-refractivity contribution in [2.45, 2.75) is 13.0 Å². The Bertz CT molecular complexity index is 481. The van der Waals surface area contributed by atoms with Crippen molar-refractivity contribution >= 4 is 0 Å². The second-order valence-electron chi connectivity index (χ2n) is 3.49. The Hall–Kier alpha value is -1.82. The third-order valence-electron chi connectivity index (χ3n) is 2.33. The lowest BCUT2D eigenvalue weighted by atomic mass is 10.2. The molecule has 0 saturated carbocycles. The zero-order valence-corrected chi connectivity index (χ0v) is 9.27. The van der Waals surface area contributed by atoms with E-state index < -0.39 is 6.43 Å². The normalized spacial score (nSPS) is 11.1. The molecular weight excluding hydrogens is 226 g/mol. The van der Waals surface area contributed by atoms with Crippen LogP contribution in [0.4, 0.5) is 8.78 Å². The fourth-order valence-electron chi connectivity index (χ4n) is 1.61. The zero-order chi connectivity index (χ0) is 12.3. The van der Waals surface area contributed by atoms with Gasteiger partial charge in [0.25, 0.3) is 6.43 Å². The summed E-state index contributed by atoms with van der Waals surface area (Å²) in [5, 5.41) is 6.80. The molecule has 0 unspecified atom stereocenters. The SMILES string of the molecule is CNCc1cnn(-c2ccccn2)c1C(F)F. The standard InChI is InChI=1S/C11H12F2N4/c1-14-6-8-7-16-17(10(8)11(12)13)9-4-2-3-5-15-9/h2-5,7,11,14H,6H2,1H3. The van der Waals surface area contributed by atoms with E-state index in [1.807, 2.05) is 0 Å². The molecule has 0 aliphatic rings. The molecule has 0 saturated heterocycles. The highest BCUT2D eigenvalue weighted by Gasteiger charge is 2.20. The fourth-order valence-corrected chi connectivity index (χ4v) is 1.61. The van der Waals surface area contributed by atoms with E-state index in [9.17, 15) is 8.78 Å². The van der Waals surface area contributed by atoms with Crippen LogP contribution in [-0.4, -0.2) is 21.8 Å². The van der Waals surface area contributed by atoms with Gasteiger partial charge in [0.2, 0.25) is 0 Å². The Morgan fingerprint density at radius 1 is 1.41 bits per heavy atom. The summed E-state index contributed by atoms with van der Waals surface area (Å²) < 4.78 is 27.2. The number of nitrogens with one attached hydrogen (secondary N) is 1. The zero-order valence-electron chi connectivity index (χ0n) is 9.27. The molecule has 1 N–H and O–H groups in total. The molecule has 0 spiro atoms. The number of halogens is 2. The fraction of sp³-hybridized carbons (Fsp3) is 0.273. The third-order valence-corrected chi connectivity index (χ3v) is 2.33. The number of alkyl halides is 2. The van der Waals surface area contributed by atoms with Gasteiger partial charge in [0, 0.05) is 18.3 Å². The van der Waals surface area contributed by atoms with Crippen molar-refractivity contribution in [2.75, 3.05) is 7.05 Å². The van der Waals surface area contributed by atoms with E-state index in [1.54, 1.807) is 31.4 Å². The molecule has 0 amide bonds. The summed E-state index contributed by atoms with van der Waals surface area (Å²) in [6.45, 7) is 0.354. The van der Waals surface area contributed by atoms with Crippen LogP contribution in [0.2, 0.25) is 0 Å². The molecule has 4 nitrogen and oxygen atoms in total. The van der Waals surface area contributed by atoms with Gasteiger partial charge in [-0.2, -0.15) is 5.10 Å². The molecule has 2 heterocycles. The molecule has 90 valence electrons. The van der Waals surface area contributed by atoms with E-state index in [0.717, 1.165) is 0 Å². The molecule has 0 fully saturated rings. The maximum atomic E-state index is 13.0. The Labute approximate surface area is 97.3 Å². The topological polar surface area (TPSA) is 42.7 Å². The minimum Gasteiger partial charge on any atom is -0.316 e. The smallest absolute Gasteiger partial charge is 0.280 e. The van der Waals surface area contributed by atoms with Gasteiger partial charge in [-0.05, 0) is 19.2 Å². The summed E-state index contributed by atoms with van der Waals surface area (Å²) in [6, 6.07) is 5.10. The summed E-state index contributed by atoms with van der Waals surface area (Å²) in [4.78, 5) is 4.01. The minimum absolute atomic E-state index is 0.113. The van der Waals surface area contributed by atoms with Crippen molar-refractivity contribution < 1.29 is 8.78 Å². The van der Waals surface area contributed by atoms with Crippen LogP contribution in [0.5, 0.6) is 0 Å². The van der Waals surface area contributed by atoms with Gasteiger partial charge in [0.05, 0.1) is 6.20 Å². The van der Waals surface area contributed by atoms with Crippen LogP contribution in [0.15, 0.2) is 30.6 Å². The van der Waals surface area contributed by atoms with Gasteiger partial charge in [-0.15, -0.1) is 0 Å². The van der Waals surface area contributed by atoms with Crippen molar-refractivity contribution in [3.8, 4) is 5.82 Å². The molecule has 0 aliphatic heterocycles. The summed E-state index contributed by atoms with van der Waals surface area (Å²) in [5.74, 6) is 0.394. The predicted octanol–water partition coefficient (Wildman–Crippen LogP) is 1.92. The predicted molar refractivity (Wildman–Crippen MR) is 59.1 cm³/mol. The Balaban J connectivity index is 2.48. The van der Waals surface area contributed by atoms with Crippen LogP contribution in [0.3, 0.4) is 0 Å². The first-order valence-corrected chi connectivity index (χ1v) is 5.15. The van der Waals surface area contributed by atoms with E-state index in [1.165, 1.54) is 10.9 Å². The van der Waals surface area contributed by atoms with Gasteiger partial charge in [0.15, 0.2) is 5.82 Å². The van der Waals surface area contributed by atoms with Gasteiger partial charge in [0.1, 0.15) is 5.69 Å². The van der Waals surface area contributed by atoms with Crippen molar-refractivity contribution in [1.82, 2.24) is 20.1 Å². The molecule has 17 heavy (non-hydrogen) atoms. The van der Waals surface area contributed by atoms with Crippen LogP contribution in [0.1, 0.15) is 17.7 Å². The summed E-state index contributed by atoms with van der Waals surface area (Å²) in [6.07, 6.45) is 0.402. The molecule has 0 aromatic carbocycles. The van der Waals surface area contributed by atoms with Gasteiger partial charge < -0.3 is 5.32 Å². The molecule has 2 aromatic heterocycles. The van der Waals surface area contributed by atoms with Crippen molar-refractivity contribution in [2.24, 2.45) is 0 Å². The molecule has 0 atom stereocenters. The largest absolute Gasteiger partial charge is 0.316 e. The molecule has 0 aliphatic carbocycles. The van der Waals surface area contributed by atoms with Gasteiger partial charge in [-0.3, -0.25) is 0 Å². The third kappa shape index (κ3) is 2.31. The maximum absolute atomic E-state index is 13.0. The Morgan fingerprint density at radius 3 is 2.82 bits per heavy atom. The summed E-state index contributed by atoms with van der Waals surface area (Å²) in [5.41, 5.74) is 0.367. The number of pyridine rings is 1. The van der Waals surface area contributed by atoms with Gasteiger partial charge >= 0.3 is 0 Å². The van der Waals surface area contributed by atoms with E-state index in [0.29, 0.717) is 17.9 Å². The van der Waals surface area contributed by atoms with E-state index in [4.69, 9.17) is 0 Å². The molecule has 2 rings (SSSR count). The van der Waals surface area contributed by atoms with Crippen LogP contribution in [-0.2, 0) is 6.54 Å².